The Morgan fingerprint density at radius 1 is 1.70 bits per heavy atom. The molecule has 0 aromatic carbocycles. The maximum absolute atomic E-state index is 9.49. The molecule has 3 heteroatoms. The van der Waals surface area contributed by atoms with Crippen molar-refractivity contribution in [2.24, 2.45) is 5.92 Å². The van der Waals surface area contributed by atoms with E-state index in [1.54, 1.807) is 0 Å². The van der Waals surface area contributed by atoms with Crippen molar-refractivity contribution < 1.29 is 5.11 Å². The molecule has 10 heavy (non-hydrogen) atoms. The number of hydrogen-bond acceptors (Lipinski definition) is 3. The van der Waals surface area contributed by atoms with Gasteiger partial charge in [0.2, 0.25) is 0 Å². The van der Waals surface area contributed by atoms with Gasteiger partial charge in [-0.25, -0.2) is 0 Å². The van der Waals surface area contributed by atoms with Crippen LogP contribution in [0.15, 0.2) is 11.4 Å². The second-order valence-electron chi connectivity index (χ2n) is 2.71. The highest BCUT2D eigenvalue weighted by molar-refractivity contribution is 7.03. The van der Waals surface area contributed by atoms with Crippen LogP contribution >= 0.6 is 11.5 Å². The molecule has 2 rings (SSSR count). The Kier molecular flexibility index (Phi) is 1.47. The van der Waals surface area contributed by atoms with E-state index in [0.717, 1.165) is 5.69 Å². The topological polar surface area (TPSA) is 33.1 Å². The SMILES string of the molecule is OC(c1ccsn1)C1CC1. The summed E-state index contributed by atoms with van der Waals surface area (Å²) in [5.41, 5.74) is 0.854. The smallest absolute Gasteiger partial charge is 0.0998 e. The molecular weight excluding hydrogens is 146 g/mol. The van der Waals surface area contributed by atoms with Crippen LogP contribution in [0.3, 0.4) is 0 Å². The van der Waals surface area contributed by atoms with Gasteiger partial charge in [0.25, 0.3) is 0 Å². The van der Waals surface area contributed by atoms with Gasteiger partial charge in [0.05, 0.1) is 11.8 Å². The summed E-state index contributed by atoms with van der Waals surface area (Å²) in [5, 5.41) is 11.4. The average Bonchev–Trinajstić information content (AvgIpc) is 2.65. The highest BCUT2D eigenvalue weighted by Crippen LogP contribution is 2.40. The van der Waals surface area contributed by atoms with Gasteiger partial charge >= 0.3 is 0 Å². The Morgan fingerprint density at radius 2 is 2.50 bits per heavy atom. The minimum atomic E-state index is -0.286. The van der Waals surface area contributed by atoms with E-state index in [9.17, 15) is 5.11 Å². The number of nitrogens with zero attached hydrogens (tertiary/aromatic N) is 1. The summed E-state index contributed by atoms with van der Waals surface area (Å²) in [4.78, 5) is 0. The average molecular weight is 155 g/mol. The third-order valence-electron chi connectivity index (χ3n) is 1.83. The fourth-order valence-corrected chi connectivity index (χ4v) is 1.58. The number of hydrogen-bond donors (Lipinski definition) is 1. The van der Waals surface area contributed by atoms with Crippen molar-refractivity contribution in [3.63, 3.8) is 0 Å². The van der Waals surface area contributed by atoms with Gasteiger partial charge in [-0.1, -0.05) is 0 Å². The minimum absolute atomic E-state index is 0.286. The molecule has 54 valence electrons. The van der Waals surface area contributed by atoms with Crippen LogP contribution in [-0.4, -0.2) is 9.48 Å². The van der Waals surface area contributed by atoms with Gasteiger partial charge in [0.1, 0.15) is 0 Å². The van der Waals surface area contributed by atoms with Crippen LogP contribution in [0.4, 0.5) is 0 Å². The maximum atomic E-state index is 9.49. The zero-order chi connectivity index (χ0) is 6.97. The van der Waals surface area contributed by atoms with Gasteiger partial charge in [-0.15, -0.1) is 0 Å². The van der Waals surface area contributed by atoms with E-state index in [0.29, 0.717) is 5.92 Å². The molecule has 0 bridgehead atoms. The summed E-state index contributed by atoms with van der Waals surface area (Å²) in [7, 11) is 0. The molecule has 0 spiro atoms. The Hall–Kier alpha value is -0.410. The molecule has 0 saturated heterocycles. The van der Waals surface area contributed by atoms with Crippen LogP contribution in [-0.2, 0) is 0 Å². The van der Waals surface area contributed by atoms with Gasteiger partial charge in [0.15, 0.2) is 0 Å². The van der Waals surface area contributed by atoms with Crippen molar-refractivity contribution in [3.05, 3.63) is 17.1 Å². The van der Waals surface area contributed by atoms with E-state index in [1.165, 1.54) is 24.4 Å². The summed E-state index contributed by atoms with van der Waals surface area (Å²) in [6.45, 7) is 0. The molecule has 1 fully saturated rings. The number of aromatic nitrogens is 1. The van der Waals surface area contributed by atoms with Crippen LogP contribution in [0.5, 0.6) is 0 Å². The Balaban J connectivity index is 2.11. The first-order valence-electron chi connectivity index (χ1n) is 3.46. The van der Waals surface area contributed by atoms with E-state index in [1.807, 2.05) is 11.4 Å². The second-order valence-corrected chi connectivity index (χ2v) is 3.37. The van der Waals surface area contributed by atoms with E-state index in [4.69, 9.17) is 0 Å². The van der Waals surface area contributed by atoms with Crippen molar-refractivity contribution in [3.8, 4) is 0 Å². The summed E-state index contributed by atoms with van der Waals surface area (Å²) in [5.74, 6) is 0.502. The van der Waals surface area contributed by atoms with Crippen LogP contribution in [0.25, 0.3) is 0 Å². The van der Waals surface area contributed by atoms with Crippen LogP contribution in [0.2, 0.25) is 0 Å². The fraction of sp³-hybridized carbons (Fsp3) is 0.571. The lowest BCUT2D eigenvalue weighted by Gasteiger charge is -2.02. The predicted molar refractivity (Wildman–Crippen MR) is 39.8 cm³/mol. The van der Waals surface area contributed by atoms with Gasteiger partial charge in [-0.05, 0) is 36.4 Å². The lowest BCUT2D eigenvalue weighted by molar-refractivity contribution is 0.150. The molecule has 0 aliphatic heterocycles. The quantitative estimate of drug-likeness (QED) is 0.703. The van der Waals surface area contributed by atoms with E-state index < -0.39 is 0 Å². The summed E-state index contributed by atoms with van der Waals surface area (Å²) >= 11 is 1.40. The molecule has 1 unspecified atom stereocenters. The third-order valence-corrected chi connectivity index (χ3v) is 2.40. The molecule has 1 aromatic heterocycles. The first-order valence-corrected chi connectivity index (χ1v) is 4.30. The lowest BCUT2D eigenvalue weighted by atomic mass is 10.2. The molecule has 1 atom stereocenters. The zero-order valence-corrected chi connectivity index (χ0v) is 6.34. The minimum Gasteiger partial charge on any atom is -0.386 e. The molecule has 0 radical (unpaired) electrons. The predicted octanol–water partition coefficient (Wildman–Crippen LogP) is 1.59. The van der Waals surface area contributed by atoms with Gasteiger partial charge in [-0.2, -0.15) is 4.37 Å². The summed E-state index contributed by atoms with van der Waals surface area (Å²) in [6, 6.07) is 1.90. The van der Waals surface area contributed by atoms with Crippen molar-refractivity contribution in [1.29, 1.82) is 0 Å². The molecule has 1 saturated carbocycles. The third kappa shape index (κ3) is 1.07. The Morgan fingerprint density at radius 3 is 3.00 bits per heavy atom. The maximum Gasteiger partial charge on any atom is 0.0998 e. The first kappa shape index (κ1) is 6.31. The molecule has 2 nitrogen and oxygen atoms in total. The zero-order valence-electron chi connectivity index (χ0n) is 5.53. The number of rotatable bonds is 2. The molecule has 1 N–H and O–H groups in total. The standard InChI is InChI=1S/C7H9NOS/c9-7(5-1-2-5)6-3-4-10-8-6/h3-5,7,9H,1-2H2. The number of aliphatic hydroxyl groups excluding tert-OH is 1. The van der Waals surface area contributed by atoms with Gasteiger partial charge in [-0.3, -0.25) is 0 Å². The first-order chi connectivity index (χ1) is 4.88. The van der Waals surface area contributed by atoms with E-state index >= 15 is 0 Å². The second kappa shape index (κ2) is 2.32. The summed E-state index contributed by atoms with van der Waals surface area (Å²) < 4.78 is 4.07. The van der Waals surface area contributed by atoms with Crippen LogP contribution in [0.1, 0.15) is 24.6 Å². The van der Waals surface area contributed by atoms with Crippen molar-refractivity contribution in [2.75, 3.05) is 0 Å². The molecular formula is C7H9NOS. The monoisotopic (exact) mass is 155 g/mol. The highest BCUT2D eigenvalue weighted by atomic mass is 32.1. The largest absolute Gasteiger partial charge is 0.386 e. The normalized spacial score (nSPS) is 20.9. The molecule has 1 heterocycles. The van der Waals surface area contributed by atoms with Gasteiger partial charge < -0.3 is 5.11 Å². The molecule has 0 amide bonds. The van der Waals surface area contributed by atoms with E-state index in [-0.39, 0.29) is 6.10 Å². The van der Waals surface area contributed by atoms with Crippen LogP contribution in [0, 0.1) is 5.92 Å². The lowest BCUT2D eigenvalue weighted by Crippen LogP contribution is -1.98. The van der Waals surface area contributed by atoms with Crippen LogP contribution < -0.4 is 0 Å². The molecule has 1 aromatic rings. The Bertz CT molecular complexity index is 205. The molecule has 1 aliphatic carbocycles. The number of aliphatic hydroxyl groups is 1. The highest BCUT2D eigenvalue weighted by Gasteiger charge is 2.31. The molecule has 1 aliphatic rings. The summed E-state index contributed by atoms with van der Waals surface area (Å²) in [6.07, 6.45) is 2.04. The van der Waals surface area contributed by atoms with Crippen molar-refractivity contribution in [2.45, 2.75) is 18.9 Å². The van der Waals surface area contributed by atoms with Crippen molar-refractivity contribution >= 4 is 11.5 Å². The fourth-order valence-electron chi connectivity index (χ4n) is 1.03. The van der Waals surface area contributed by atoms with Crippen molar-refractivity contribution in [1.82, 2.24) is 4.37 Å². The van der Waals surface area contributed by atoms with E-state index in [2.05, 4.69) is 4.37 Å². The van der Waals surface area contributed by atoms with Gasteiger partial charge in [0, 0.05) is 5.38 Å². The Labute approximate surface area is 63.7 Å².